The Balaban J connectivity index is 1.31. The third-order valence-corrected chi connectivity index (χ3v) is 11.2. The fourth-order valence-electron chi connectivity index (χ4n) is 9.01. The van der Waals surface area contributed by atoms with Crippen LogP contribution >= 0.6 is 0 Å². The van der Waals surface area contributed by atoms with E-state index in [-0.39, 0.29) is 30.0 Å². The molecule has 3 fully saturated rings. The summed E-state index contributed by atoms with van der Waals surface area (Å²) in [6, 6.07) is 26.4. The average Bonchev–Trinajstić information content (AvgIpc) is 3.53. The first-order valence-corrected chi connectivity index (χ1v) is 17.0. The van der Waals surface area contributed by atoms with Crippen LogP contribution in [0.15, 0.2) is 109 Å². The fraction of sp³-hybridized carbons (Fsp3) is 0.250. The van der Waals surface area contributed by atoms with Crippen molar-refractivity contribution in [1.29, 1.82) is 0 Å². The molecule has 6 atom stereocenters. The number of methoxy groups -OCH3 is 1. The second-order valence-electron chi connectivity index (χ2n) is 13.8. The van der Waals surface area contributed by atoms with Crippen LogP contribution in [-0.2, 0) is 24.6 Å². The summed E-state index contributed by atoms with van der Waals surface area (Å²) in [4.78, 5) is 70.4. The number of carbonyl (C=O) groups is 4. The SMILES string of the molecule is COc1cc(O)ccc1C1C2=CCC3C(=O)N(c4ccc([N+](=O)[O-])cc4)C(=O)C3C2CC2C(=O)N(Nc3ccc(C)cc3)C(=O)C21c1ccccc1. The zero-order valence-corrected chi connectivity index (χ0v) is 28.3. The maximum absolute atomic E-state index is 15.3. The van der Waals surface area contributed by atoms with Crippen LogP contribution in [0.1, 0.15) is 35.4 Å². The Morgan fingerprint density at radius 1 is 0.885 bits per heavy atom. The molecule has 4 aliphatic rings. The van der Waals surface area contributed by atoms with Crippen molar-refractivity contribution in [3.63, 3.8) is 0 Å². The van der Waals surface area contributed by atoms with Gasteiger partial charge in [-0.15, -0.1) is 0 Å². The van der Waals surface area contributed by atoms with Crippen LogP contribution in [0.4, 0.5) is 17.1 Å². The number of carbonyl (C=O) groups excluding carboxylic acids is 4. The Bertz CT molecular complexity index is 2190. The highest BCUT2D eigenvalue weighted by molar-refractivity contribution is 6.22. The van der Waals surface area contributed by atoms with Crippen LogP contribution in [0.5, 0.6) is 11.5 Å². The number of nitro groups is 1. The van der Waals surface area contributed by atoms with E-state index in [4.69, 9.17) is 4.74 Å². The van der Waals surface area contributed by atoms with E-state index < -0.39 is 63.6 Å². The molecule has 0 spiro atoms. The number of hydrogen-bond acceptors (Lipinski definition) is 9. The first-order valence-electron chi connectivity index (χ1n) is 17.0. The lowest BCUT2D eigenvalue weighted by molar-refractivity contribution is -0.384. The molecule has 4 aromatic carbocycles. The molecule has 8 rings (SSSR count). The number of benzene rings is 4. The number of allylic oxidation sites excluding steroid dienone is 2. The minimum atomic E-state index is -1.50. The Kier molecular flexibility index (Phi) is 7.70. The number of nitrogens with zero attached hydrogens (tertiary/aromatic N) is 3. The van der Waals surface area contributed by atoms with Gasteiger partial charge in [0.2, 0.25) is 11.8 Å². The molecule has 2 aliphatic heterocycles. The number of hydrogen-bond donors (Lipinski definition) is 2. The van der Waals surface area contributed by atoms with Gasteiger partial charge < -0.3 is 9.84 Å². The second-order valence-corrected chi connectivity index (χ2v) is 13.8. The molecular weight excluding hydrogens is 664 g/mol. The van der Waals surface area contributed by atoms with Crippen LogP contribution < -0.4 is 15.1 Å². The molecular formula is C40H34N4O8. The first kappa shape index (κ1) is 32.9. The molecule has 1 saturated carbocycles. The van der Waals surface area contributed by atoms with Gasteiger partial charge in [0.15, 0.2) is 0 Å². The molecule has 0 radical (unpaired) electrons. The number of rotatable bonds is 7. The number of phenolic OH excluding ortho intramolecular Hbond substituents is 1. The minimum Gasteiger partial charge on any atom is -0.508 e. The second kappa shape index (κ2) is 12.2. The number of hydrazine groups is 1. The van der Waals surface area contributed by atoms with E-state index in [0.29, 0.717) is 22.6 Å². The highest BCUT2D eigenvalue weighted by Crippen LogP contribution is 2.65. The Morgan fingerprint density at radius 3 is 2.27 bits per heavy atom. The quantitative estimate of drug-likeness (QED) is 0.105. The van der Waals surface area contributed by atoms with Crippen LogP contribution in [0.3, 0.4) is 0 Å². The maximum atomic E-state index is 15.3. The highest BCUT2D eigenvalue weighted by Gasteiger charge is 2.70. The number of anilines is 2. The van der Waals surface area contributed by atoms with E-state index in [9.17, 15) is 29.6 Å². The molecule has 0 bridgehead atoms. The lowest BCUT2D eigenvalue weighted by atomic mass is 9.49. The van der Waals surface area contributed by atoms with E-state index in [0.717, 1.165) is 21.0 Å². The van der Waals surface area contributed by atoms with Crippen molar-refractivity contribution in [3.8, 4) is 11.5 Å². The molecule has 2 heterocycles. The van der Waals surface area contributed by atoms with Gasteiger partial charge in [0.25, 0.3) is 17.5 Å². The van der Waals surface area contributed by atoms with Gasteiger partial charge in [0, 0.05) is 29.7 Å². The molecule has 262 valence electrons. The number of non-ortho nitro benzene ring substituents is 1. The third-order valence-electron chi connectivity index (χ3n) is 11.2. The molecule has 2 aliphatic carbocycles. The van der Waals surface area contributed by atoms with Gasteiger partial charge in [-0.2, -0.15) is 5.01 Å². The van der Waals surface area contributed by atoms with Gasteiger partial charge in [0.05, 0.1) is 46.6 Å². The topological polar surface area (TPSA) is 159 Å². The standard InChI is InChI=1S/C40H34N4O8/c1-22-8-10-24(11-9-22)41-43-37(47)32-21-31-28(18-19-30-34(31)38(48)42(36(30)46)25-12-14-26(15-13-25)44(50)51)35(29-17-16-27(45)20-33(29)52-2)40(32,39(43)49)23-6-4-3-5-7-23/h3-18,20,30-32,34-35,41,45H,19,21H2,1-2H3. The summed E-state index contributed by atoms with van der Waals surface area (Å²) < 4.78 is 5.82. The minimum absolute atomic E-state index is 0.0530. The van der Waals surface area contributed by atoms with Crippen LogP contribution in [-0.4, -0.2) is 45.8 Å². The maximum Gasteiger partial charge on any atom is 0.269 e. The molecule has 0 aromatic heterocycles. The van der Waals surface area contributed by atoms with Crippen LogP contribution in [0.25, 0.3) is 0 Å². The zero-order valence-electron chi connectivity index (χ0n) is 28.3. The largest absolute Gasteiger partial charge is 0.508 e. The number of ether oxygens (including phenoxy) is 1. The van der Waals surface area contributed by atoms with Crippen molar-refractivity contribution >= 4 is 40.7 Å². The van der Waals surface area contributed by atoms with Gasteiger partial charge in [-0.3, -0.25) is 39.6 Å². The van der Waals surface area contributed by atoms with E-state index in [1.54, 1.807) is 18.2 Å². The average molecular weight is 699 g/mol. The summed E-state index contributed by atoms with van der Waals surface area (Å²) in [7, 11) is 1.46. The summed E-state index contributed by atoms with van der Waals surface area (Å²) in [5.41, 5.74) is 5.06. The van der Waals surface area contributed by atoms with E-state index in [1.165, 1.54) is 43.5 Å². The van der Waals surface area contributed by atoms with Crippen molar-refractivity contribution < 1.29 is 33.9 Å². The molecule has 12 nitrogen and oxygen atoms in total. The number of nitrogens with one attached hydrogen (secondary N) is 1. The summed E-state index contributed by atoms with van der Waals surface area (Å²) in [6.07, 6.45) is 2.23. The van der Waals surface area contributed by atoms with Crippen molar-refractivity contribution in [2.24, 2.45) is 23.7 Å². The fourth-order valence-corrected chi connectivity index (χ4v) is 9.01. The molecule has 6 unspecified atom stereocenters. The van der Waals surface area contributed by atoms with Gasteiger partial charge in [-0.1, -0.05) is 65.7 Å². The number of aryl methyl sites for hydroxylation is 1. The number of phenols is 1. The number of fused-ring (bicyclic) bond motifs is 4. The van der Waals surface area contributed by atoms with Crippen molar-refractivity contribution in [2.45, 2.75) is 31.1 Å². The summed E-state index contributed by atoms with van der Waals surface area (Å²) >= 11 is 0. The molecule has 2 N–H and O–H groups in total. The number of imide groups is 2. The van der Waals surface area contributed by atoms with E-state index in [2.05, 4.69) is 5.43 Å². The summed E-state index contributed by atoms with van der Waals surface area (Å²) in [6.45, 7) is 1.94. The molecule has 12 heteroatoms. The first-order chi connectivity index (χ1) is 25.1. The summed E-state index contributed by atoms with van der Waals surface area (Å²) in [5, 5.41) is 22.9. The molecule has 2 saturated heterocycles. The van der Waals surface area contributed by atoms with Gasteiger partial charge in [-0.25, -0.2) is 0 Å². The molecule has 4 amide bonds. The predicted molar refractivity (Wildman–Crippen MR) is 189 cm³/mol. The normalized spacial score (nSPS) is 26.4. The van der Waals surface area contributed by atoms with Crippen molar-refractivity contribution in [3.05, 3.63) is 136 Å². The van der Waals surface area contributed by atoms with Gasteiger partial charge in [-0.05, 0) is 61.6 Å². The van der Waals surface area contributed by atoms with Gasteiger partial charge in [0.1, 0.15) is 11.5 Å². The third kappa shape index (κ3) is 4.74. The zero-order chi connectivity index (χ0) is 36.5. The Hall–Kier alpha value is -6.30. The molecule has 4 aromatic rings. The Morgan fingerprint density at radius 2 is 1.60 bits per heavy atom. The van der Waals surface area contributed by atoms with Crippen LogP contribution in [0, 0.1) is 40.7 Å². The lowest BCUT2D eigenvalue weighted by Crippen LogP contribution is -2.53. The summed E-state index contributed by atoms with van der Waals surface area (Å²) in [5.74, 6) is -5.62. The van der Waals surface area contributed by atoms with E-state index >= 15 is 4.79 Å². The lowest BCUT2D eigenvalue weighted by Gasteiger charge is -2.50. The monoisotopic (exact) mass is 698 g/mol. The van der Waals surface area contributed by atoms with Crippen molar-refractivity contribution in [1.82, 2.24) is 5.01 Å². The number of amides is 4. The highest BCUT2D eigenvalue weighted by atomic mass is 16.6. The number of aromatic hydroxyl groups is 1. The smallest absolute Gasteiger partial charge is 0.269 e. The van der Waals surface area contributed by atoms with Gasteiger partial charge >= 0.3 is 0 Å². The van der Waals surface area contributed by atoms with E-state index in [1.807, 2.05) is 55.5 Å². The molecule has 52 heavy (non-hydrogen) atoms. The van der Waals surface area contributed by atoms with Crippen molar-refractivity contribution in [2.75, 3.05) is 17.4 Å². The predicted octanol–water partition coefficient (Wildman–Crippen LogP) is 5.81. The Labute approximate surface area is 298 Å². The number of nitro benzene ring substituents is 1. The van der Waals surface area contributed by atoms with Crippen LogP contribution in [0.2, 0.25) is 0 Å².